The van der Waals surface area contributed by atoms with E-state index in [9.17, 15) is 29.6 Å². The van der Waals surface area contributed by atoms with Crippen LogP contribution in [-0.2, 0) is 27.9 Å². The fraction of sp³-hybridized carbons (Fsp3) is 0.804. The standard InChI is InChI=1S/C46H84NO10P/c1-6-8-10-11-12-13-14-15-16-17-18-19-20-21-24-28-35-54-38-41(39-56-58(52,53)55-36-34-47(3,4)5)57-46(51)31-27-23-22-26-30-42-43(45(50)37-44(42)49)33-32-40(48)29-25-9-7-2/h15-16,22,26,28,32-33,35,40-45,48-50H,6-14,17-21,23-25,27,29-31,34,36-39H2,1-5H3/b16-15-,26-22+,33-32+,35-28+/t40-,41+,42+,43+,44-,45+/m0/s1. The van der Waals surface area contributed by atoms with Crippen LogP contribution < -0.4 is 4.89 Å². The molecule has 0 aromatic carbocycles. The van der Waals surface area contributed by atoms with Gasteiger partial charge in [-0.15, -0.1) is 0 Å². The van der Waals surface area contributed by atoms with E-state index in [0.29, 0.717) is 43.1 Å². The first-order chi connectivity index (χ1) is 27.8. The molecule has 0 amide bonds. The number of aliphatic hydroxyl groups is 3. The van der Waals surface area contributed by atoms with E-state index >= 15 is 0 Å². The number of carbonyl (C=O) groups is 1. The third-order valence-corrected chi connectivity index (χ3v) is 11.5. The Kier molecular flexibility index (Phi) is 31.6. The number of hydrogen-bond acceptors (Lipinski definition) is 10. The minimum absolute atomic E-state index is 0.0304. The van der Waals surface area contributed by atoms with Gasteiger partial charge in [0.1, 0.15) is 19.8 Å². The second-order valence-electron chi connectivity index (χ2n) is 17.1. The Balaban J connectivity index is 2.49. The molecular weight excluding hydrogens is 757 g/mol. The van der Waals surface area contributed by atoms with Gasteiger partial charge in [-0.2, -0.15) is 0 Å². The van der Waals surface area contributed by atoms with Crippen LogP contribution in [0.5, 0.6) is 0 Å². The van der Waals surface area contributed by atoms with E-state index in [1.54, 1.807) is 12.3 Å². The number of quaternary nitrogens is 1. The number of carbonyl (C=O) groups excluding carboxylic acids is 1. The van der Waals surface area contributed by atoms with Gasteiger partial charge in [0.2, 0.25) is 0 Å². The Morgan fingerprint density at radius 2 is 1.36 bits per heavy atom. The second kappa shape index (κ2) is 33.8. The number of allylic oxidation sites excluding steroid dienone is 5. The lowest BCUT2D eigenvalue weighted by atomic mass is 9.89. The molecule has 3 N–H and O–H groups in total. The van der Waals surface area contributed by atoms with Crippen LogP contribution in [-0.4, -0.2) is 97.7 Å². The Morgan fingerprint density at radius 1 is 0.776 bits per heavy atom. The summed E-state index contributed by atoms with van der Waals surface area (Å²) in [6.07, 6.45) is 34.5. The largest absolute Gasteiger partial charge is 0.756 e. The highest BCUT2D eigenvalue weighted by Gasteiger charge is 2.39. The number of unbranched alkanes of at least 4 members (excludes halogenated alkanes) is 14. The molecule has 1 unspecified atom stereocenters. The summed E-state index contributed by atoms with van der Waals surface area (Å²) in [7, 11) is 1.17. The van der Waals surface area contributed by atoms with Crippen molar-refractivity contribution in [2.45, 2.75) is 180 Å². The molecule has 0 heterocycles. The quantitative estimate of drug-likeness (QED) is 0.0138. The van der Waals surface area contributed by atoms with Crippen LogP contribution in [0.4, 0.5) is 0 Å². The zero-order chi connectivity index (χ0) is 42.9. The second-order valence-corrected chi connectivity index (χ2v) is 18.5. The maximum atomic E-state index is 12.8. The number of nitrogens with zero attached hydrogens (tertiary/aromatic N) is 1. The van der Waals surface area contributed by atoms with Crippen LogP contribution in [0.1, 0.15) is 155 Å². The molecule has 1 fully saturated rings. The number of phosphoric acid groups is 1. The van der Waals surface area contributed by atoms with Crippen molar-refractivity contribution in [2.24, 2.45) is 11.8 Å². The van der Waals surface area contributed by atoms with Crippen LogP contribution in [0.15, 0.2) is 48.8 Å². The lowest BCUT2D eigenvalue weighted by molar-refractivity contribution is -0.870. The zero-order valence-electron chi connectivity index (χ0n) is 37.1. The van der Waals surface area contributed by atoms with E-state index in [2.05, 4.69) is 26.0 Å². The van der Waals surface area contributed by atoms with Gasteiger partial charge >= 0.3 is 5.97 Å². The Bertz CT molecular complexity index is 1190. The summed E-state index contributed by atoms with van der Waals surface area (Å²) < 4.78 is 34.3. The van der Waals surface area contributed by atoms with Gasteiger partial charge in [0, 0.05) is 18.8 Å². The molecule has 1 aliphatic rings. The molecule has 12 heteroatoms. The van der Waals surface area contributed by atoms with Gasteiger partial charge in [-0.3, -0.25) is 9.36 Å². The Morgan fingerprint density at radius 3 is 2.02 bits per heavy atom. The average molecular weight is 842 g/mol. The molecule has 0 aliphatic heterocycles. The van der Waals surface area contributed by atoms with Crippen molar-refractivity contribution in [3.8, 4) is 0 Å². The van der Waals surface area contributed by atoms with Crippen molar-refractivity contribution in [2.75, 3.05) is 47.5 Å². The molecule has 0 aromatic rings. The SMILES string of the molecule is CCCCCCCC/C=C\CCCCCC/C=C/OC[C@H](COP(=O)([O-])OCC[N+](C)(C)C)OC(=O)CCC/C=C/C[C@@H]1[C@@H](/C=C/[C@@H](O)CCCCC)[C@H](O)C[C@@H]1O. The molecular formula is C46H84NO10P. The van der Waals surface area contributed by atoms with Crippen LogP contribution in [0.2, 0.25) is 0 Å². The molecule has 58 heavy (non-hydrogen) atoms. The number of esters is 1. The molecule has 11 nitrogen and oxygen atoms in total. The van der Waals surface area contributed by atoms with Crippen molar-refractivity contribution in [3.05, 3.63) is 48.8 Å². The fourth-order valence-corrected chi connectivity index (χ4v) is 7.58. The first-order valence-corrected chi connectivity index (χ1v) is 24.1. The molecule has 7 atom stereocenters. The highest BCUT2D eigenvalue weighted by atomic mass is 31.2. The minimum Gasteiger partial charge on any atom is -0.756 e. The normalized spacial score (nSPS) is 21.1. The van der Waals surface area contributed by atoms with Gasteiger partial charge in [0.05, 0.1) is 52.3 Å². The van der Waals surface area contributed by atoms with E-state index in [4.69, 9.17) is 18.5 Å². The number of rotatable bonds is 37. The summed E-state index contributed by atoms with van der Waals surface area (Å²) in [6, 6.07) is 0. The molecule has 0 radical (unpaired) electrons. The molecule has 0 saturated heterocycles. The first-order valence-electron chi connectivity index (χ1n) is 22.7. The zero-order valence-corrected chi connectivity index (χ0v) is 38.0. The van der Waals surface area contributed by atoms with Crippen LogP contribution in [0.3, 0.4) is 0 Å². The molecule has 0 aromatic heterocycles. The molecule has 0 spiro atoms. The predicted octanol–water partition coefficient (Wildman–Crippen LogP) is 9.26. The van der Waals surface area contributed by atoms with Gasteiger partial charge in [0.15, 0.2) is 6.10 Å². The summed E-state index contributed by atoms with van der Waals surface area (Å²) in [4.78, 5) is 25.2. The van der Waals surface area contributed by atoms with Crippen molar-refractivity contribution in [1.82, 2.24) is 0 Å². The van der Waals surface area contributed by atoms with Gasteiger partial charge in [-0.25, -0.2) is 0 Å². The highest BCUT2D eigenvalue weighted by molar-refractivity contribution is 7.45. The van der Waals surface area contributed by atoms with E-state index in [1.165, 1.54) is 57.8 Å². The van der Waals surface area contributed by atoms with E-state index in [1.807, 2.05) is 45.4 Å². The third kappa shape index (κ3) is 30.2. The summed E-state index contributed by atoms with van der Waals surface area (Å²) in [5.74, 6) is -0.882. The van der Waals surface area contributed by atoms with Gasteiger partial charge in [-0.1, -0.05) is 115 Å². The highest BCUT2D eigenvalue weighted by Crippen LogP contribution is 2.38. The molecule has 0 bridgehead atoms. The lowest BCUT2D eigenvalue weighted by Crippen LogP contribution is -2.37. The summed E-state index contributed by atoms with van der Waals surface area (Å²) in [5, 5.41) is 31.4. The molecule has 338 valence electrons. The summed E-state index contributed by atoms with van der Waals surface area (Å²) in [5.41, 5.74) is 0. The van der Waals surface area contributed by atoms with Gasteiger partial charge in [-0.05, 0) is 76.2 Å². The fourth-order valence-electron chi connectivity index (χ4n) is 6.85. The third-order valence-electron chi connectivity index (χ3n) is 10.5. The van der Waals surface area contributed by atoms with Gasteiger partial charge in [0.25, 0.3) is 7.82 Å². The smallest absolute Gasteiger partial charge is 0.306 e. The molecule has 1 aliphatic carbocycles. The molecule has 1 rings (SSSR count). The maximum absolute atomic E-state index is 12.8. The van der Waals surface area contributed by atoms with E-state index in [-0.39, 0.29) is 31.5 Å². The maximum Gasteiger partial charge on any atom is 0.306 e. The number of likely N-dealkylation sites (N-methyl/N-ethyl adjacent to an activating group) is 1. The predicted molar refractivity (Wildman–Crippen MR) is 233 cm³/mol. The van der Waals surface area contributed by atoms with Crippen molar-refractivity contribution >= 4 is 13.8 Å². The van der Waals surface area contributed by atoms with Crippen molar-refractivity contribution < 1.29 is 52.6 Å². The van der Waals surface area contributed by atoms with Crippen LogP contribution in [0, 0.1) is 11.8 Å². The number of phosphoric ester groups is 1. The Hall–Kier alpha value is -1.82. The molecule has 1 saturated carbocycles. The Labute approximate surface area is 353 Å². The number of aliphatic hydroxyl groups excluding tert-OH is 3. The first kappa shape index (κ1) is 54.2. The van der Waals surface area contributed by atoms with Crippen LogP contribution in [0.25, 0.3) is 0 Å². The monoisotopic (exact) mass is 842 g/mol. The van der Waals surface area contributed by atoms with E-state index < -0.39 is 44.8 Å². The summed E-state index contributed by atoms with van der Waals surface area (Å²) >= 11 is 0. The number of ether oxygens (including phenoxy) is 2. The number of hydrogen-bond donors (Lipinski definition) is 3. The van der Waals surface area contributed by atoms with E-state index in [0.717, 1.165) is 44.9 Å². The lowest BCUT2D eigenvalue weighted by Gasteiger charge is -2.28. The van der Waals surface area contributed by atoms with Crippen molar-refractivity contribution in [1.29, 1.82) is 0 Å². The summed E-state index contributed by atoms with van der Waals surface area (Å²) in [6.45, 7) is 4.33. The topological polar surface area (TPSA) is 155 Å². The van der Waals surface area contributed by atoms with Gasteiger partial charge < -0.3 is 43.2 Å². The average Bonchev–Trinajstić information content (AvgIpc) is 3.43. The van der Waals surface area contributed by atoms with Crippen LogP contribution >= 0.6 is 7.82 Å². The minimum atomic E-state index is -4.61. The van der Waals surface area contributed by atoms with Crippen molar-refractivity contribution in [3.63, 3.8) is 0 Å².